The molecular weight excluding hydrogens is 352 g/mol. The maximum atomic E-state index is 12.3. The molecule has 1 aromatic rings. The molecular formula is C16H22F2N3O3S+. The zero-order chi connectivity index (χ0) is 18.2. The van der Waals surface area contributed by atoms with Crippen molar-refractivity contribution in [2.75, 3.05) is 51.8 Å². The van der Waals surface area contributed by atoms with Crippen LogP contribution in [-0.4, -0.2) is 68.9 Å². The minimum absolute atomic E-state index is 0.00183. The summed E-state index contributed by atoms with van der Waals surface area (Å²) in [5, 5.41) is 2.70. The molecule has 138 valence electrons. The lowest BCUT2D eigenvalue weighted by Crippen LogP contribution is -3.11. The van der Waals surface area contributed by atoms with Crippen LogP contribution in [0.1, 0.15) is 0 Å². The molecule has 1 heterocycles. The topological polar surface area (TPSA) is 63.1 Å². The Morgan fingerprint density at radius 2 is 1.88 bits per heavy atom. The number of anilines is 1. The van der Waals surface area contributed by atoms with Crippen molar-refractivity contribution in [2.45, 2.75) is 10.7 Å². The van der Waals surface area contributed by atoms with Gasteiger partial charge in [-0.05, 0) is 24.3 Å². The van der Waals surface area contributed by atoms with E-state index in [-0.39, 0.29) is 24.9 Å². The van der Waals surface area contributed by atoms with Gasteiger partial charge in [-0.1, -0.05) is 11.8 Å². The lowest BCUT2D eigenvalue weighted by atomic mass is 10.3. The summed E-state index contributed by atoms with van der Waals surface area (Å²) in [6.07, 6.45) is 0. The Morgan fingerprint density at radius 3 is 2.48 bits per heavy atom. The Balaban J connectivity index is 1.75. The van der Waals surface area contributed by atoms with Crippen LogP contribution in [0.3, 0.4) is 0 Å². The highest BCUT2D eigenvalue weighted by atomic mass is 32.2. The second kappa shape index (κ2) is 9.69. The third-order valence-corrected chi connectivity index (χ3v) is 4.36. The summed E-state index contributed by atoms with van der Waals surface area (Å²) < 4.78 is 29.7. The van der Waals surface area contributed by atoms with Gasteiger partial charge in [0.25, 0.3) is 17.6 Å². The van der Waals surface area contributed by atoms with E-state index in [1.165, 1.54) is 12.1 Å². The van der Waals surface area contributed by atoms with Gasteiger partial charge in [0, 0.05) is 23.7 Å². The summed E-state index contributed by atoms with van der Waals surface area (Å²) in [4.78, 5) is 27.1. The summed E-state index contributed by atoms with van der Waals surface area (Å²) in [6.45, 7) is 2.64. The van der Waals surface area contributed by atoms with Crippen LogP contribution in [0.25, 0.3) is 0 Å². The van der Waals surface area contributed by atoms with E-state index < -0.39 is 5.76 Å². The van der Waals surface area contributed by atoms with Gasteiger partial charge in [-0.3, -0.25) is 9.59 Å². The number of halogens is 2. The summed E-state index contributed by atoms with van der Waals surface area (Å²) in [7, 11) is 1.78. The van der Waals surface area contributed by atoms with Crippen molar-refractivity contribution in [1.29, 1.82) is 0 Å². The highest BCUT2D eigenvalue weighted by Gasteiger charge is 2.21. The number of alkyl halides is 2. The van der Waals surface area contributed by atoms with E-state index in [1.54, 1.807) is 24.1 Å². The summed E-state index contributed by atoms with van der Waals surface area (Å²) in [5.41, 5.74) is 0.538. The van der Waals surface area contributed by atoms with Crippen LogP contribution >= 0.6 is 11.8 Å². The molecule has 0 saturated carbocycles. The monoisotopic (exact) mass is 374 g/mol. The van der Waals surface area contributed by atoms with Gasteiger partial charge in [0.2, 0.25) is 0 Å². The number of hydrogen-bond acceptors (Lipinski definition) is 4. The first-order valence-electron chi connectivity index (χ1n) is 7.95. The minimum Gasteiger partial charge on any atom is -0.378 e. The van der Waals surface area contributed by atoms with Crippen LogP contribution in [0.15, 0.2) is 29.2 Å². The molecule has 1 aromatic carbocycles. The van der Waals surface area contributed by atoms with Gasteiger partial charge in [0.1, 0.15) is 0 Å². The molecule has 25 heavy (non-hydrogen) atoms. The van der Waals surface area contributed by atoms with Gasteiger partial charge in [-0.25, -0.2) is 0 Å². The number of rotatable bonds is 7. The van der Waals surface area contributed by atoms with Gasteiger partial charge >= 0.3 is 0 Å². The largest absolute Gasteiger partial charge is 0.378 e. The number of thioether (sulfide) groups is 1. The average molecular weight is 374 g/mol. The number of quaternary nitrogens is 1. The highest BCUT2D eigenvalue weighted by Crippen LogP contribution is 2.26. The van der Waals surface area contributed by atoms with Gasteiger partial charge in [-0.2, -0.15) is 8.78 Å². The van der Waals surface area contributed by atoms with E-state index in [9.17, 15) is 18.4 Å². The maximum Gasteiger partial charge on any atom is 0.288 e. The molecule has 2 rings (SSSR count). The first-order chi connectivity index (χ1) is 11.9. The molecule has 0 bridgehead atoms. The van der Waals surface area contributed by atoms with Crippen LogP contribution in [0.4, 0.5) is 14.5 Å². The number of benzene rings is 1. The number of morpholine rings is 1. The highest BCUT2D eigenvalue weighted by molar-refractivity contribution is 7.99. The van der Waals surface area contributed by atoms with E-state index in [4.69, 9.17) is 4.74 Å². The molecule has 1 atom stereocenters. The van der Waals surface area contributed by atoms with Crippen LogP contribution in [0.2, 0.25) is 0 Å². The Bertz CT molecular complexity index is 580. The van der Waals surface area contributed by atoms with Gasteiger partial charge in [-0.15, -0.1) is 0 Å². The van der Waals surface area contributed by atoms with Gasteiger partial charge in [0.15, 0.2) is 13.1 Å². The molecule has 0 aromatic heterocycles. The maximum absolute atomic E-state index is 12.3. The number of carbonyl (C=O) groups excluding carboxylic acids is 2. The van der Waals surface area contributed by atoms with E-state index in [0.717, 1.165) is 4.90 Å². The van der Waals surface area contributed by atoms with Crippen molar-refractivity contribution in [3.05, 3.63) is 24.3 Å². The second-order valence-corrected chi connectivity index (χ2v) is 6.82. The quantitative estimate of drug-likeness (QED) is 0.675. The fraction of sp³-hybridized carbons (Fsp3) is 0.500. The van der Waals surface area contributed by atoms with Crippen molar-refractivity contribution in [3.63, 3.8) is 0 Å². The SMILES string of the molecule is C[NH+](CC(=O)Nc1ccc(SC(F)F)cc1)CC(=O)N1CCOCC1. The van der Waals surface area contributed by atoms with Crippen molar-refractivity contribution < 1.29 is 28.0 Å². The van der Waals surface area contributed by atoms with Gasteiger partial charge in [0.05, 0.1) is 20.3 Å². The van der Waals surface area contributed by atoms with E-state index >= 15 is 0 Å². The van der Waals surface area contributed by atoms with Crippen molar-refractivity contribution >= 4 is 29.3 Å². The fourth-order valence-electron chi connectivity index (χ4n) is 2.44. The van der Waals surface area contributed by atoms with Crippen molar-refractivity contribution in [2.24, 2.45) is 0 Å². The van der Waals surface area contributed by atoms with Crippen LogP contribution < -0.4 is 10.2 Å². The Kier molecular flexibility index (Phi) is 7.60. The molecule has 1 aliphatic heterocycles. The number of hydrogen-bond donors (Lipinski definition) is 2. The number of amides is 2. The van der Waals surface area contributed by atoms with E-state index in [0.29, 0.717) is 48.6 Å². The molecule has 1 fully saturated rings. The molecule has 0 aliphatic carbocycles. The van der Waals surface area contributed by atoms with Gasteiger partial charge < -0.3 is 19.9 Å². The number of likely N-dealkylation sites (N-methyl/N-ethyl adjacent to an activating group) is 1. The molecule has 0 spiro atoms. The molecule has 2 N–H and O–H groups in total. The Hall–Kier alpha value is -1.71. The third kappa shape index (κ3) is 6.97. The molecule has 1 unspecified atom stereocenters. The zero-order valence-electron chi connectivity index (χ0n) is 14.0. The molecule has 0 radical (unpaired) electrons. The lowest BCUT2D eigenvalue weighted by Gasteiger charge is -2.27. The third-order valence-electron chi connectivity index (χ3n) is 3.64. The zero-order valence-corrected chi connectivity index (χ0v) is 14.8. The predicted molar refractivity (Wildman–Crippen MR) is 91.0 cm³/mol. The molecule has 6 nitrogen and oxygen atoms in total. The Morgan fingerprint density at radius 1 is 1.24 bits per heavy atom. The predicted octanol–water partition coefficient (Wildman–Crippen LogP) is 0.313. The average Bonchev–Trinajstić information content (AvgIpc) is 2.56. The number of nitrogens with zero attached hydrogens (tertiary/aromatic N) is 1. The molecule has 2 amide bonds. The molecule has 9 heteroatoms. The van der Waals surface area contributed by atoms with Crippen molar-refractivity contribution in [1.82, 2.24) is 4.90 Å². The standard InChI is InChI=1S/C16H21F2N3O3S/c1-20(11-15(23)21-6-8-24-9-7-21)10-14(22)19-12-2-4-13(5-3-12)25-16(17)18/h2-5,16H,6-11H2,1H3,(H,19,22)/p+1. The van der Waals surface area contributed by atoms with Crippen molar-refractivity contribution in [3.8, 4) is 0 Å². The van der Waals surface area contributed by atoms with Crippen LogP contribution in [0.5, 0.6) is 0 Å². The Labute approximate surface area is 149 Å². The van der Waals surface area contributed by atoms with Crippen LogP contribution in [-0.2, 0) is 14.3 Å². The van der Waals surface area contributed by atoms with E-state index in [2.05, 4.69) is 5.32 Å². The first kappa shape index (κ1) is 19.6. The summed E-state index contributed by atoms with van der Waals surface area (Å²) >= 11 is 0.456. The number of nitrogens with one attached hydrogen (secondary N) is 2. The number of ether oxygens (including phenoxy) is 1. The molecule has 1 saturated heterocycles. The molecule has 1 aliphatic rings. The first-order valence-corrected chi connectivity index (χ1v) is 8.83. The summed E-state index contributed by atoms with van der Waals surface area (Å²) in [5.74, 6) is -2.70. The van der Waals surface area contributed by atoms with Crippen LogP contribution in [0, 0.1) is 0 Å². The lowest BCUT2D eigenvalue weighted by molar-refractivity contribution is -0.862. The minimum atomic E-state index is -2.47. The second-order valence-electron chi connectivity index (χ2n) is 5.75. The number of carbonyl (C=O) groups is 2. The smallest absolute Gasteiger partial charge is 0.288 e. The fourth-order valence-corrected chi connectivity index (χ4v) is 2.94. The normalized spacial score (nSPS) is 15.9. The summed E-state index contributed by atoms with van der Waals surface area (Å²) in [6, 6.07) is 6.23. The van der Waals surface area contributed by atoms with E-state index in [1.807, 2.05) is 0 Å².